The van der Waals surface area contributed by atoms with Gasteiger partial charge in [-0.2, -0.15) is 9.97 Å². The molecule has 0 atom stereocenters. The number of allylic oxidation sites excluding steroid dienone is 1. The van der Waals surface area contributed by atoms with Crippen molar-refractivity contribution in [2.75, 3.05) is 0 Å². The Morgan fingerprint density at radius 1 is 0.635 bits per heavy atom. The first kappa shape index (κ1) is 30.2. The summed E-state index contributed by atoms with van der Waals surface area (Å²) in [5, 5.41) is 5.61. The molecule has 52 heavy (non-hydrogen) atoms. The first-order chi connectivity index (χ1) is 25.7. The highest BCUT2D eigenvalue weighted by molar-refractivity contribution is 7.25. The van der Waals surface area contributed by atoms with Crippen LogP contribution >= 0.6 is 11.3 Å². The van der Waals surface area contributed by atoms with E-state index in [2.05, 4.69) is 125 Å². The Hall–Kier alpha value is -6.70. The van der Waals surface area contributed by atoms with Gasteiger partial charge in [-0.15, -0.1) is 11.3 Å². The third-order valence-corrected chi connectivity index (χ3v) is 10.9. The summed E-state index contributed by atoms with van der Waals surface area (Å²) in [5.74, 6) is 1.76. The van der Waals surface area contributed by atoms with E-state index < -0.39 is 0 Å². The smallest absolute Gasteiger partial charge is 0.238 e. The molecule has 5 aromatic carbocycles. The number of hydrogen-bond donors (Lipinski definition) is 0. The Kier molecular flexibility index (Phi) is 6.94. The molecule has 0 saturated heterocycles. The molecule has 5 aromatic heterocycles. The lowest BCUT2D eigenvalue weighted by molar-refractivity contribution is 0.952. The largest absolute Gasteiger partial charge is 0.309 e. The van der Waals surface area contributed by atoms with Gasteiger partial charge >= 0.3 is 0 Å². The second kappa shape index (κ2) is 12.0. The highest BCUT2D eigenvalue weighted by Gasteiger charge is 2.24. The van der Waals surface area contributed by atoms with Crippen molar-refractivity contribution in [3.8, 4) is 34.4 Å². The van der Waals surface area contributed by atoms with Gasteiger partial charge in [0.1, 0.15) is 0 Å². The van der Waals surface area contributed by atoms with Crippen LogP contribution in [-0.2, 0) is 0 Å². The van der Waals surface area contributed by atoms with Crippen molar-refractivity contribution < 1.29 is 0 Å². The quantitative estimate of drug-likeness (QED) is 0.175. The molecule has 0 spiro atoms. The molecule has 0 radical (unpaired) electrons. The summed E-state index contributed by atoms with van der Waals surface area (Å²) in [4.78, 5) is 20.3. The monoisotopic (exact) mass is 686 g/mol. The third kappa shape index (κ3) is 4.49. The van der Waals surface area contributed by atoms with Crippen LogP contribution in [0.5, 0.6) is 0 Å². The van der Waals surface area contributed by atoms with Gasteiger partial charge in [0.25, 0.3) is 0 Å². The van der Waals surface area contributed by atoms with Crippen LogP contribution < -0.4 is 0 Å². The summed E-state index contributed by atoms with van der Waals surface area (Å²) in [5.41, 5.74) is 8.10. The number of benzene rings is 5. The fourth-order valence-electron chi connectivity index (χ4n) is 7.63. The van der Waals surface area contributed by atoms with Crippen molar-refractivity contribution in [2.24, 2.45) is 0 Å². The van der Waals surface area contributed by atoms with E-state index >= 15 is 0 Å². The van der Waals surface area contributed by atoms with E-state index in [9.17, 15) is 0 Å². The summed E-state index contributed by atoms with van der Waals surface area (Å²) in [6.07, 6.45) is 9.98. The fraction of sp³-hybridized carbons (Fsp3) is 0.0222. The van der Waals surface area contributed by atoms with Crippen molar-refractivity contribution in [1.82, 2.24) is 29.1 Å². The molecule has 0 aliphatic carbocycles. The predicted octanol–water partition coefficient (Wildman–Crippen LogP) is 11.7. The van der Waals surface area contributed by atoms with Gasteiger partial charge in [-0.3, -0.25) is 9.55 Å². The molecular weight excluding hydrogens is 657 g/mol. The van der Waals surface area contributed by atoms with Crippen molar-refractivity contribution in [1.29, 1.82) is 0 Å². The van der Waals surface area contributed by atoms with Gasteiger partial charge in [-0.05, 0) is 49.4 Å². The number of fused-ring (bicyclic) bond motifs is 8. The van der Waals surface area contributed by atoms with Crippen molar-refractivity contribution in [2.45, 2.75) is 6.92 Å². The molecule has 0 fully saturated rings. The van der Waals surface area contributed by atoms with E-state index in [0.29, 0.717) is 17.6 Å². The molecule has 0 amide bonds. The number of aromatic nitrogens is 6. The van der Waals surface area contributed by atoms with E-state index in [4.69, 9.17) is 15.0 Å². The van der Waals surface area contributed by atoms with Crippen LogP contribution in [0.15, 0.2) is 146 Å². The fourth-order valence-corrected chi connectivity index (χ4v) is 8.76. The number of pyridine rings is 1. The zero-order valence-electron chi connectivity index (χ0n) is 28.2. The average Bonchev–Trinajstić information content (AvgIpc) is 3.86. The molecule has 246 valence electrons. The van der Waals surface area contributed by atoms with Crippen LogP contribution in [0.1, 0.15) is 18.2 Å². The molecule has 0 aliphatic heterocycles. The molecule has 7 heteroatoms. The first-order valence-electron chi connectivity index (χ1n) is 17.2. The Morgan fingerprint density at radius 2 is 1.40 bits per heavy atom. The molecule has 0 unspecified atom stereocenters. The number of rotatable bonds is 6. The Labute approximate surface area is 303 Å². The van der Waals surface area contributed by atoms with E-state index in [1.54, 1.807) is 11.3 Å². The summed E-state index contributed by atoms with van der Waals surface area (Å²) in [6.45, 7) is 6.30. The summed E-state index contributed by atoms with van der Waals surface area (Å²) in [6, 6.07) is 42.1. The van der Waals surface area contributed by atoms with Gasteiger partial charge in [0.15, 0.2) is 11.6 Å². The zero-order valence-corrected chi connectivity index (χ0v) is 29.0. The normalized spacial score (nSPS) is 11.9. The summed E-state index contributed by atoms with van der Waals surface area (Å²) in [7, 11) is 0. The number of hydrogen-bond acceptors (Lipinski definition) is 5. The first-order valence-corrected chi connectivity index (χ1v) is 18.0. The van der Waals surface area contributed by atoms with Crippen LogP contribution in [0.3, 0.4) is 0 Å². The zero-order chi connectivity index (χ0) is 34.8. The predicted molar refractivity (Wildman–Crippen MR) is 217 cm³/mol. The van der Waals surface area contributed by atoms with Crippen LogP contribution in [0.2, 0.25) is 0 Å². The van der Waals surface area contributed by atoms with E-state index in [-0.39, 0.29) is 0 Å². The van der Waals surface area contributed by atoms with Crippen LogP contribution in [0.4, 0.5) is 0 Å². The molecule has 5 heterocycles. The third-order valence-electron chi connectivity index (χ3n) is 9.78. The van der Waals surface area contributed by atoms with Gasteiger partial charge < -0.3 is 4.57 Å². The van der Waals surface area contributed by atoms with Crippen LogP contribution in [0, 0.1) is 0 Å². The van der Waals surface area contributed by atoms with Crippen LogP contribution in [0.25, 0.3) is 99.4 Å². The molecular formula is C45H30N6S. The highest BCUT2D eigenvalue weighted by atomic mass is 32.1. The lowest BCUT2D eigenvalue weighted by Gasteiger charge is -2.12. The van der Waals surface area contributed by atoms with Gasteiger partial charge in [0, 0.05) is 64.9 Å². The van der Waals surface area contributed by atoms with Gasteiger partial charge in [0.05, 0.1) is 28.4 Å². The molecule has 10 aromatic rings. The van der Waals surface area contributed by atoms with Gasteiger partial charge in [0.2, 0.25) is 5.95 Å². The maximum absolute atomic E-state index is 5.32. The summed E-state index contributed by atoms with van der Waals surface area (Å²) >= 11 is 1.79. The Morgan fingerprint density at radius 3 is 2.23 bits per heavy atom. The SMILES string of the molecule is C=Cc1c(/C=C\C)n(-c2ccccc2)c2c1ccc1c2c2ccncc2n1-c1nc(-c2ccccc2)nc(-c2cccc3sc4ccccc4c23)n1. The van der Waals surface area contributed by atoms with Gasteiger partial charge in [-0.25, -0.2) is 4.98 Å². The lowest BCUT2D eigenvalue weighted by Crippen LogP contribution is -2.06. The standard InChI is InChI=1S/C45H30N6S/c1-3-14-35-30(4-2)31-23-24-36-41(42(31)50(35)29-17-9-6-10-18-29)32-25-26-46-27-37(32)51(36)45-48-43(28-15-7-5-8-16-28)47-44(49-45)34-20-13-22-39-40(34)33-19-11-12-21-38(33)52-39/h3-27H,2H2,1H3/b14-3-. The number of nitrogens with zero attached hydrogens (tertiary/aromatic N) is 6. The topological polar surface area (TPSA) is 61.4 Å². The Bertz CT molecular complexity index is 3040. The van der Waals surface area contributed by atoms with Crippen molar-refractivity contribution >= 4 is 76.4 Å². The minimum absolute atomic E-state index is 0.531. The lowest BCUT2D eigenvalue weighted by atomic mass is 10.1. The molecule has 0 saturated carbocycles. The Balaban J connectivity index is 1.34. The van der Waals surface area contributed by atoms with E-state index in [1.807, 2.05) is 54.9 Å². The second-order valence-corrected chi connectivity index (χ2v) is 13.8. The summed E-state index contributed by atoms with van der Waals surface area (Å²) < 4.78 is 6.92. The molecule has 0 aliphatic rings. The van der Waals surface area contributed by atoms with Gasteiger partial charge in [-0.1, -0.05) is 104 Å². The minimum Gasteiger partial charge on any atom is -0.309 e. The van der Waals surface area contributed by atoms with E-state index in [0.717, 1.165) is 66.2 Å². The molecule has 0 bridgehead atoms. The number of thiophene rings is 1. The average molecular weight is 687 g/mol. The highest BCUT2D eigenvalue weighted by Crippen LogP contribution is 2.43. The van der Waals surface area contributed by atoms with Crippen LogP contribution in [-0.4, -0.2) is 29.1 Å². The minimum atomic E-state index is 0.531. The molecule has 10 rings (SSSR count). The maximum atomic E-state index is 5.32. The van der Waals surface area contributed by atoms with E-state index in [1.165, 1.54) is 14.8 Å². The molecule has 6 nitrogen and oxygen atoms in total. The maximum Gasteiger partial charge on any atom is 0.238 e. The second-order valence-electron chi connectivity index (χ2n) is 12.7. The number of para-hydroxylation sites is 1. The van der Waals surface area contributed by atoms with Crippen molar-refractivity contribution in [3.05, 3.63) is 158 Å². The van der Waals surface area contributed by atoms with Crippen molar-refractivity contribution in [3.63, 3.8) is 0 Å². The molecule has 0 N–H and O–H groups in total.